The van der Waals surface area contributed by atoms with Crippen molar-refractivity contribution in [2.45, 2.75) is 18.6 Å². The molecule has 0 rings (SSSR count). The molecule has 0 fully saturated rings. The van der Waals surface area contributed by atoms with Gasteiger partial charge in [0.15, 0.2) is 0 Å². The van der Waals surface area contributed by atoms with E-state index in [0.717, 1.165) is 6.92 Å². The van der Waals surface area contributed by atoms with Gasteiger partial charge in [-0.05, 0) is 18.7 Å². The first-order valence-corrected chi connectivity index (χ1v) is 3.25. The Balaban J connectivity index is 3.28. The lowest BCUT2D eigenvalue weighted by atomic mass is 10.5. The van der Waals surface area contributed by atoms with Crippen LogP contribution in [0.15, 0.2) is 0 Å². The van der Waals surface area contributed by atoms with Gasteiger partial charge in [0.25, 0.3) is 0 Å². The van der Waals surface area contributed by atoms with Crippen LogP contribution in [0.5, 0.6) is 0 Å². The fourth-order valence-electron chi connectivity index (χ4n) is 0.209. The second-order valence-electron chi connectivity index (χ2n) is 1.54. The van der Waals surface area contributed by atoms with Crippen molar-refractivity contribution < 1.29 is 17.6 Å². The molecule has 0 heterocycles. The van der Waals surface area contributed by atoms with Crippen LogP contribution in [0.2, 0.25) is 0 Å². The Morgan fingerprint density at radius 2 is 1.89 bits per heavy atom. The molecule has 56 valence electrons. The SMILES string of the molecule is CC(F)CSC(F)(F)F. The van der Waals surface area contributed by atoms with Crippen LogP contribution in [0.25, 0.3) is 0 Å². The Morgan fingerprint density at radius 3 is 2.00 bits per heavy atom. The highest BCUT2D eigenvalue weighted by Crippen LogP contribution is 2.30. The number of hydrogen-bond donors (Lipinski definition) is 0. The molecule has 9 heavy (non-hydrogen) atoms. The van der Waals surface area contributed by atoms with Crippen molar-refractivity contribution in [3.8, 4) is 0 Å². The topological polar surface area (TPSA) is 0 Å². The molecule has 1 unspecified atom stereocenters. The molecule has 0 aliphatic heterocycles. The summed E-state index contributed by atoms with van der Waals surface area (Å²) in [6.07, 6.45) is -1.39. The molecule has 0 amide bonds. The molecule has 0 aliphatic rings. The van der Waals surface area contributed by atoms with Gasteiger partial charge in [0, 0.05) is 5.75 Å². The van der Waals surface area contributed by atoms with Crippen molar-refractivity contribution in [2.24, 2.45) is 0 Å². The Morgan fingerprint density at radius 1 is 1.44 bits per heavy atom. The molecule has 0 saturated carbocycles. The average molecular weight is 162 g/mol. The third kappa shape index (κ3) is 8.07. The van der Waals surface area contributed by atoms with E-state index in [0.29, 0.717) is 0 Å². The summed E-state index contributed by atoms with van der Waals surface area (Å²) < 4.78 is 45.3. The predicted octanol–water partition coefficient (Wildman–Crippen LogP) is 2.60. The molecule has 0 aromatic heterocycles. The molecule has 1 atom stereocenters. The van der Waals surface area contributed by atoms with Crippen LogP contribution in [0.3, 0.4) is 0 Å². The third-order valence-electron chi connectivity index (χ3n) is 0.477. The molecule has 0 nitrogen and oxygen atoms in total. The number of halogens is 4. The minimum absolute atomic E-state index is 0.333. The number of thioether (sulfide) groups is 1. The zero-order valence-corrected chi connectivity index (χ0v) is 5.52. The maximum absolute atomic E-state index is 11.7. The van der Waals surface area contributed by atoms with Crippen molar-refractivity contribution in [1.29, 1.82) is 0 Å². The van der Waals surface area contributed by atoms with Gasteiger partial charge in [-0.3, -0.25) is 0 Å². The van der Waals surface area contributed by atoms with Crippen molar-refractivity contribution in [3.05, 3.63) is 0 Å². The summed E-state index contributed by atoms with van der Waals surface area (Å²) in [6.45, 7) is 1.10. The number of rotatable bonds is 2. The van der Waals surface area contributed by atoms with Crippen LogP contribution in [0.4, 0.5) is 17.6 Å². The maximum Gasteiger partial charge on any atom is 0.441 e. The van der Waals surface area contributed by atoms with Crippen LogP contribution in [0, 0.1) is 0 Å². The monoisotopic (exact) mass is 162 g/mol. The van der Waals surface area contributed by atoms with E-state index in [4.69, 9.17) is 0 Å². The lowest BCUT2D eigenvalue weighted by Crippen LogP contribution is -2.06. The van der Waals surface area contributed by atoms with E-state index in [2.05, 4.69) is 0 Å². The van der Waals surface area contributed by atoms with Gasteiger partial charge < -0.3 is 0 Å². The van der Waals surface area contributed by atoms with Gasteiger partial charge in [-0.2, -0.15) is 13.2 Å². The standard InChI is InChI=1S/C4H6F4S/c1-3(5)2-9-4(6,7)8/h3H,2H2,1H3. The molecule has 0 aromatic rings. The quantitative estimate of drug-likeness (QED) is 0.562. The molecule has 0 aromatic carbocycles. The Hall–Kier alpha value is 0.0700. The number of alkyl halides is 4. The predicted molar refractivity (Wildman–Crippen MR) is 29.1 cm³/mol. The minimum Gasteiger partial charge on any atom is -0.247 e. The van der Waals surface area contributed by atoms with Crippen LogP contribution >= 0.6 is 11.8 Å². The van der Waals surface area contributed by atoms with E-state index in [9.17, 15) is 17.6 Å². The summed E-state index contributed by atoms with van der Waals surface area (Å²) in [5.74, 6) is -0.510. The fraction of sp³-hybridized carbons (Fsp3) is 1.00. The van der Waals surface area contributed by atoms with Crippen LogP contribution in [-0.4, -0.2) is 17.4 Å². The lowest BCUT2D eigenvalue weighted by molar-refractivity contribution is -0.0330. The minimum atomic E-state index is -4.29. The third-order valence-corrected chi connectivity index (χ3v) is 1.43. The van der Waals surface area contributed by atoms with E-state index in [1.165, 1.54) is 0 Å². The highest BCUT2D eigenvalue weighted by molar-refractivity contribution is 8.00. The second-order valence-corrected chi connectivity index (χ2v) is 2.62. The Labute approximate surface area is 54.6 Å². The molecule has 0 aliphatic carbocycles. The second kappa shape index (κ2) is 3.29. The molecule has 5 heteroatoms. The zero-order valence-electron chi connectivity index (χ0n) is 4.70. The van der Waals surface area contributed by atoms with Crippen LogP contribution < -0.4 is 0 Å². The summed E-state index contributed by atoms with van der Waals surface area (Å²) in [5, 5.41) is 0. The zero-order chi connectivity index (χ0) is 7.49. The summed E-state index contributed by atoms with van der Waals surface area (Å²) in [4.78, 5) is 0. The van der Waals surface area contributed by atoms with Gasteiger partial charge in [-0.15, -0.1) is 0 Å². The van der Waals surface area contributed by atoms with E-state index in [1.807, 2.05) is 0 Å². The molecule has 0 bridgehead atoms. The largest absolute Gasteiger partial charge is 0.441 e. The summed E-state index contributed by atoms with van der Waals surface area (Å²) in [5.41, 5.74) is -4.29. The molecular formula is C4H6F4S. The van der Waals surface area contributed by atoms with Crippen molar-refractivity contribution in [1.82, 2.24) is 0 Å². The smallest absolute Gasteiger partial charge is 0.247 e. The summed E-state index contributed by atoms with van der Waals surface area (Å²) >= 11 is -0.333. The van der Waals surface area contributed by atoms with Gasteiger partial charge in [0.05, 0.1) is 0 Å². The van der Waals surface area contributed by atoms with E-state index in [-0.39, 0.29) is 11.8 Å². The van der Waals surface area contributed by atoms with Crippen LogP contribution in [0.1, 0.15) is 6.92 Å². The van der Waals surface area contributed by atoms with Gasteiger partial charge >= 0.3 is 5.51 Å². The van der Waals surface area contributed by atoms with Gasteiger partial charge in [0.2, 0.25) is 0 Å². The molecule has 0 radical (unpaired) electrons. The van der Waals surface area contributed by atoms with Gasteiger partial charge in [-0.1, -0.05) is 0 Å². The molecule has 0 saturated heterocycles. The number of hydrogen-bond acceptors (Lipinski definition) is 1. The van der Waals surface area contributed by atoms with Crippen molar-refractivity contribution >= 4 is 11.8 Å². The van der Waals surface area contributed by atoms with E-state index >= 15 is 0 Å². The van der Waals surface area contributed by atoms with Crippen molar-refractivity contribution in [2.75, 3.05) is 5.75 Å². The normalized spacial score (nSPS) is 15.7. The maximum atomic E-state index is 11.7. The van der Waals surface area contributed by atoms with Crippen molar-refractivity contribution in [3.63, 3.8) is 0 Å². The van der Waals surface area contributed by atoms with Crippen LogP contribution in [-0.2, 0) is 0 Å². The average Bonchev–Trinajstić information content (AvgIpc) is 1.59. The summed E-state index contributed by atoms with van der Waals surface area (Å²) in [6, 6.07) is 0. The Bertz CT molecular complexity index is 77.1. The van der Waals surface area contributed by atoms with Gasteiger partial charge in [0.1, 0.15) is 6.17 Å². The first-order chi connectivity index (χ1) is 3.92. The highest BCUT2D eigenvalue weighted by atomic mass is 32.2. The summed E-state index contributed by atoms with van der Waals surface area (Å²) in [7, 11) is 0. The fourth-order valence-corrected chi connectivity index (χ4v) is 0.628. The molecular weight excluding hydrogens is 156 g/mol. The van der Waals surface area contributed by atoms with E-state index in [1.54, 1.807) is 0 Å². The Kier molecular flexibility index (Phi) is 3.32. The molecule has 0 spiro atoms. The molecule has 0 N–H and O–H groups in total. The lowest BCUT2D eigenvalue weighted by Gasteiger charge is -2.04. The first kappa shape index (κ1) is 9.07. The highest BCUT2D eigenvalue weighted by Gasteiger charge is 2.28. The van der Waals surface area contributed by atoms with E-state index < -0.39 is 17.4 Å². The first-order valence-electron chi connectivity index (χ1n) is 2.26. The van der Waals surface area contributed by atoms with Gasteiger partial charge in [-0.25, -0.2) is 4.39 Å².